The van der Waals surface area contributed by atoms with E-state index in [4.69, 9.17) is 5.11 Å². The maximum absolute atomic E-state index is 13.7. The van der Waals surface area contributed by atoms with Crippen LogP contribution >= 0.6 is 0 Å². The van der Waals surface area contributed by atoms with Gasteiger partial charge in [0.2, 0.25) is 5.95 Å². The summed E-state index contributed by atoms with van der Waals surface area (Å²) in [5.74, 6) is -2.51. The fourth-order valence-corrected chi connectivity index (χ4v) is 1.44. The van der Waals surface area contributed by atoms with E-state index in [1.165, 1.54) is 24.5 Å². The molecule has 1 heterocycles. The molecule has 0 spiro atoms. The van der Waals surface area contributed by atoms with Crippen LogP contribution in [0.1, 0.15) is 15.9 Å². The number of nitrogens with zero attached hydrogens (tertiary/aromatic N) is 3. The van der Waals surface area contributed by atoms with Gasteiger partial charge in [0, 0.05) is 17.2 Å². The van der Waals surface area contributed by atoms with Crippen molar-refractivity contribution in [3.05, 3.63) is 53.6 Å². The van der Waals surface area contributed by atoms with Crippen molar-refractivity contribution in [2.45, 2.75) is 0 Å². The lowest BCUT2D eigenvalue weighted by atomic mass is 10.1. The van der Waals surface area contributed by atoms with E-state index in [1.54, 1.807) is 0 Å². The van der Waals surface area contributed by atoms with E-state index in [2.05, 4.69) is 20.5 Å². The number of aromatic nitrogens is 3. The number of hydrogen-bond acceptors (Lipinski definition) is 5. The summed E-state index contributed by atoms with van der Waals surface area (Å²) < 4.78 is 13.7. The smallest absolute Gasteiger partial charge is 0.328 e. The third-order valence-electron chi connectivity index (χ3n) is 2.38. The molecular weight excluding hydrogens is 279 g/mol. The fourth-order valence-electron chi connectivity index (χ4n) is 1.44. The zero-order valence-electron chi connectivity index (χ0n) is 10.5. The average molecular weight is 288 g/mol. The van der Waals surface area contributed by atoms with Crippen LogP contribution in [0.2, 0.25) is 0 Å². The van der Waals surface area contributed by atoms with Crippen molar-refractivity contribution in [1.29, 1.82) is 0 Å². The SMILES string of the molecule is O=C(O)/C=C/c1ccc(C(=O)Nc2nccnn2)cc1F. The second-order valence-corrected chi connectivity index (χ2v) is 3.83. The predicted molar refractivity (Wildman–Crippen MR) is 70.9 cm³/mol. The Morgan fingerprint density at radius 3 is 2.71 bits per heavy atom. The third kappa shape index (κ3) is 3.90. The molecule has 2 rings (SSSR count). The number of carbonyl (C=O) groups is 2. The van der Waals surface area contributed by atoms with Crippen LogP contribution in [0.25, 0.3) is 6.08 Å². The lowest BCUT2D eigenvalue weighted by molar-refractivity contribution is -0.131. The average Bonchev–Trinajstić information content (AvgIpc) is 2.46. The Labute approximate surface area is 118 Å². The standard InChI is InChI=1S/C13H9FN4O3/c14-10-7-9(2-1-8(10)3-4-11(19)20)12(21)17-13-15-5-6-16-18-13/h1-7H,(H,19,20)(H,15,17,18,21)/b4-3+. The van der Waals surface area contributed by atoms with Crippen molar-refractivity contribution in [2.75, 3.05) is 5.32 Å². The quantitative estimate of drug-likeness (QED) is 0.823. The first kappa shape index (κ1) is 14.3. The molecule has 1 aromatic carbocycles. The third-order valence-corrected chi connectivity index (χ3v) is 2.38. The molecule has 0 aliphatic carbocycles. The number of amides is 1. The van der Waals surface area contributed by atoms with Crippen LogP contribution in [0.4, 0.5) is 10.3 Å². The molecule has 0 saturated carbocycles. The number of benzene rings is 1. The Morgan fingerprint density at radius 1 is 1.29 bits per heavy atom. The molecule has 0 bridgehead atoms. The molecule has 7 nitrogen and oxygen atoms in total. The molecular formula is C13H9FN4O3. The lowest BCUT2D eigenvalue weighted by Gasteiger charge is -2.04. The number of halogens is 1. The molecule has 1 amide bonds. The topological polar surface area (TPSA) is 105 Å². The summed E-state index contributed by atoms with van der Waals surface area (Å²) >= 11 is 0. The molecule has 0 atom stereocenters. The van der Waals surface area contributed by atoms with E-state index >= 15 is 0 Å². The summed E-state index contributed by atoms with van der Waals surface area (Å²) in [5.41, 5.74) is 0.110. The highest BCUT2D eigenvalue weighted by Crippen LogP contribution is 2.13. The van der Waals surface area contributed by atoms with Gasteiger partial charge in [-0.25, -0.2) is 14.2 Å². The number of aliphatic carboxylic acids is 1. The Bertz CT molecular complexity index is 704. The van der Waals surface area contributed by atoms with Crippen molar-refractivity contribution < 1.29 is 19.1 Å². The molecule has 0 saturated heterocycles. The van der Waals surface area contributed by atoms with Crippen LogP contribution in [0.15, 0.2) is 36.7 Å². The minimum absolute atomic E-state index is 0.00208. The van der Waals surface area contributed by atoms with Gasteiger partial charge in [-0.3, -0.25) is 10.1 Å². The van der Waals surface area contributed by atoms with Gasteiger partial charge in [-0.2, -0.15) is 5.10 Å². The van der Waals surface area contributed by atoms with Gasteiger partial charge < -0.3 is 5.11 Å². The molecule has 2 N–H and O–H groups in total. The Kier molecular flexibility index (Phi) is 4.30. The molecule has 0 aliphatic heterocycles. The fraction of sp³-hybridized carbons (Fsp3) is 0. The number of nitrogens with one attached hydrogen (secondary N) is 1. The maximum Gasteiger partial charge on any atom is 0.328 e. The first-order chi connectivity index (χ1) is 10.1. The lowest BCUT2D eigenvalue weighted by Crippen LogP contribution is -2.14. The van der Waals surface area contributed by atoms with Gasteiger partial charge in [0.25, 0.3) is 5.91 Å². The van der Waals surface area contributed by atoms with Gasteiger partial charge in [-0.15, -0.1) is 5.10 Å². The molecule has 0 unspecified atom stereocenters. The number of carbonyl (C=O) groups excluding carboxylic acids is 1. The number of carboxylic acids is 1. The highest BCUT2D eigenvalue weighted by molar-refractivity contribution is 6.03. The van der Waals surface area contributed by atoms with E-state index < -0.39 is 17.7 Å². The van der Waals surface area contributed by atoms with Gasteiger partial charge in [-0.05, 0) is 18.2 Å². The normalized spacial score (nSPS) is 10.5. The van der Waals surface area contributed by atoms with Crippen molar-refractivity contribution >= 4 is 23.9 Å². The Balaban J connectivity index is 2.16. The highest BCUT2D eigenvalue weighted by Gasteiger charge is 2.10. The first-order valence-corrected chi connectivity index (χ1v) is 5.72. The summed E-state index contributed by atoms with van der Waals surface area (Å²) in [6.07, 6.45) is 4.60. The molecule has 21 heavy (non-hydrogen) atoms. The van der Waals surface area contributed by atoms with E-state index in [-0.39, 0.29) is 17.1 Å². The molecule has 106 valence electrons. The van der Waals surface area contributed by atoms with Crippen LogP contribution < -0.4 is 5.32 Å². The summed E-state index contributed by atoms with van der Waals surface area (Å²) in [4.78, 5) is 26.0. The maximum atomic E-state index is 13.7. The number of anilines is 1. The molecule has 2 aromatic rings. The van der Waals surface area contributed by atoms with Crippen molar-refractivity contribution in [3.8, 4) is 0 Å². The zero-order valence-corrected chi connectivity index (χ0v) is 10.5. The highest BCUT2D eigenvalue weighted by atomic mass is 19.1. The van der Waals surface area contributed by atoms with Crippen LogP contribution in [-0.4, -0.2) is 32.2 Å². The first-order valence-electron chi connectivity index (χ1n) is 5.72. The van der Waals surface area contributed by atoms with Gasteiger partial charge in [0.15, 0.2) is 0 Å². The van der Waals surface area contributed by atoms with E-state index in [1.807, 2.05) is 0 Å². The predicted octanol–water partition coefficient (Wildman–Crippen LogP) is 1.36. The Morgan fingerprint density at radius 2 is 2.10 bits per heavy atom. The van der Waals surface area contributed by atoms with Gasteiger partial charge in [-0.1, -0.05) is 6.07 Å². The number of carboxylic acid groups (broad SMARTS) is 1. The molecule has 0 aliphatic rings. The van der Waals surface area contributed by atoms with Crippen LogP contribution in [-0.2, 0) is 4.79 Å². The van der Waals surface area contributed by atoms with E-state index in [9.17, 15) is 14.0 Å². The van der Waals surface area contributed by atoms with Crippen molar-refractivity contribution in [1.82, 2.24) is 15.2 Å². The molecule has 0 radical (unpaired) electrons. The minimum atomic E-state index is -1.19. The second-order valence-electron chi connectivity index (χ2n) is 3.83. The van der Waals surface area contributed by atoms with Gasteiger partial charge in [0.05, 0.1) is 12.4 Å². The van der Waals surface area contributed by atoms with Gasteiger partial charge in [0.1, 0.15) is 5.82 Å². The van der Waals surface area contributed by atoms with Crippen LogP contribution in [0, 0.1) is 5.82 Å². The second kappa shape index (κ2) is 6.33. The number of hydrogen-bond donors (Lipinski definition) is 2. The molecule has 8 heteroatoms. The monoisotopic (exact) mass is 288 g/mol. The van der Waals surface area contributed by atoms with E-state index in [0.717, 1.165) is 18.2 Å². The summed E-state index contributed by atoms with van der Waals surface area (Å²) in [6, 6.07) is 3.65. The van der Waals surface area contributed by atoms with Crippen molar-refractivity contribution in [2.24, 2.45) is 0 Å². The molecule has 1 aromatic heterocycles. The number of rotatable bonds is 4. The minimum Gasteiger partial charge on any atom is -0.478 e. The summed E-state index contributed by atoms with van der Waals surface area (Å²) in [7, 11) is 0. The zero-order chi connectivity index (χ0) is 15.2. The van der Waals surface area contributed by atoms with Crippen molar-refractivity contribution in [3.63, 3.8) is 0 Å². The summed E-state index contributed by atoms with van der Waals surface area (Å²) in [5, 5.41) is 17.9. The van der Waals surface area contributed by atoms with E-state index in [0.29, 0.717) is 0 Å². The van der Waals surface area contributed by atoms with Gasteiger partial charge >= 0.3 is 5.97 Å². The summed E-state index contributed by atoms with van der Waals surface area (Å²) in [6.45, 7) is 0. The largest absolute Gasteiger partial charge is 0.478 e. The molecule has 0 fully saturated rings. The van der Waals surface area contributed by atoms with Crippen LogP contribution in [0.5, 0.6) is 0 Å². The van der Waals surface area contributed by atoms with Crippen LogP contribution in [0.3, 0.4) is 0 Å². The Hall–Kier alpha value is -3.16.